The minimum absolute atomic E-state index is 0.00610. The predicted molar refractivity (Wildman–Crippen MR) is 118 cm³/mol. The lowest BCUT2D eigenvalue weighted by Crippen LogP contribution is -2.53. The molecule has 7 atom stereocenters. The van der Waals surface area contributed by atoms with Gasteiger partial charge < -0.3 is 24.8 Å². The van der Waals surface area contributed by atoms with Crippen LogP contribution in [0, 0.1) is 17.8 Å². The van der Waals surface area contributed by atoms with Gasteiger partial charge in [-0.3, -0.25) is 0 Å². The Bertz CT molecular complexity index is 391. The molecule has 3 unspecified atom stereocenters. The molecule has 1 aliphatic rings. The van der Waals surface area contributed by atoms with Gasteiger partial charge in [0.2, 0.25) is 0 Å². The van der Waals surface area contributed by atoms with Crippen molar-refractivity contribution in [2.24, 2.45) is 17.8 Å². The fourth-order valence-electron chi connectivity index (χ4n) is 4.12. The highest BCUT2D eigenvalue weighted by atomic mass is 16.7. The molecule has 0 aromatic heterocycles. The molecule has 5 nitrogen and oxygen atoms in total. The van der Waals surface area contributed by atoms with E-state index in [0.717, 1.165) is 18.3 Å². The molecule has 5 heteroatoms. The summed E-state index contributed by atoms with van der Waals surface area (Å²) in [5, 5.41) is 29.0. The third kappa shape index (κ3) is 11.7. The average Bonchev–Trinajstić information content (AvgIpc) is 2.68. The Labute approximate surface area is 179 Å². The zero-order valence-electron chi connectivity index (χ0n) is 19.4. The van der Waals surface area contributed by atoms with Crippen LogP contribution in [-0.4, -0.2) is 53.1 Å². The SMILES string of the molecule is CCCCCC(C)CCCC(C)CCCC(C)CCO[C@@H]1OC[C@@H](O)[C@H](O)[C@H]1O. The molecule has 1 aliphatic heterocycles. The third-order valence-electron chi connectivity index (χ3n) is 6.44. The van der Waals surface area contributed by atoms with Crippen molar-refractivity contribution in [2.45, 2.75) is 123 Å². The molecule has 0 amide bonds. The highest BCUT2D eigenvalue weighted by Crippen LogP contribution is 2.23. The Morgan fingerprint density at radius 3 is 1.83 bits per heavy atom. The average molecular weight is 417 g/mol. The first kappa shape index (κ1) is 26.8. The molecule has 0 spiro atoms. The lowest BCUT2D eigenvalue weighted by molar-refractivity contribution is -0.270. The van der Waals surface area contributed by atoms with Gasteiger partial charge in [-0.1, -0.05) is 91.9 Å². The summed E-state index contributed by atoms with van der Waals surface area (Å²) in [6, 6.07) is 0. The Kier molecular flexibility index (Phi) is 14.4. The largest absolute Gasteiger partial charge is 0.388 e. The Hall–Kier alpha value is -0.200. The van der Waals surface area contributed by atoms with Gasteiger partial charge in [0.1, 0.15) is 18.3 Å². The van der Waals surface area contributed by atoms with Crippen LogP contribution in [0.1, 0.15) is 98.3 Å². The van der Waals surface area contributed by atoms with Crippen molar-refractivity contribution >= 4 is 0 Å². The van der Waals surface area contributed by atoms with Crippen molar-refractivity contribution in [3.8, 4) is 0 Å². The van der Waals surface area contributed by atoms with E-state index in [1.165, 1.54) is 64.2 Å². The molecule has 1 heterocycles. The van der Waals surface area contributed by atoms with Crippen molar-refractivity contribution in [1.82, 2.24) is 0 Å². The topological polar surface area (TPSA) is 79.2 Å². The smallest absolute Gasteiger partial charge is 0.186 e. The molecule has 0 aromatic rings. The second kappa shape index (κ2) is 15.6. The standard InChI is InChI=1S/C24H48O5/c1-5-6-7-10-18(2)11-8-12-19(3)13-9-14-20(4)15-16-28-24-23(27)22(26)21(25)17-29-24/h18-27H,5-17H2,1-4H3/t18?,19?,20?,21-,22+,23-,24-/m1/s1. The molecule has 0 aliphatic carbocycles. The molecule has 0 radical (unpaired) electrons. The number of ether oxygens (including phenoxy) is 2. The molecular weight excluding hydrogens is 368 g/mol. The van der Waals surface area contributed by atoms with Crippen molar-refractivity contribution in [3.05, 3.63) is 0 Å². The summed E-state index contributed by atoms with van der Waals surface area (Å²) in [6.45, 7) is 9.79. The Morgan fingerprint density at radius 2 is 1.28 bits per heavy atom. The number of hydrogen-bond acceptors (Lipinski definition) is 5. The van der Waals surface area contributed by atoms with Crippen LogP contribution in [0.4, 0.5) is 0 Å². The van der Waals surface area contributed by atoms with E-state index in [0.29, 0.717) is 12.5 Å². The zero-order valence-corrected chi connectivity index (χ0v) is 19.4. The maximum absolute atomic E-state index is 9.87. The van der Waals surface area contributed by atoms with Gasteiger partial charge in [-0.2, -0.15) is 0 Å². The zero-order chi connectivity index (χ0) is 21.6. The minimum Gasteiger partial charge on any atom is -0.388 e. The summed E-state index contributed by atoms with van der Waals surface area (Å²) in [6.07, 6.45) is 9.94. The molecule has 0 aromatic carbocycles. The summed E-state index contributed by atoms with van der Waals surface area (Å²) in [7, 11) is 0. The fourth-order valence-corrected chi connectivity index (χ4v) is 4.12. The predicted octanol–water partition coefficient (Wildman–Crippen LogP) is 4.66. The van der Waals surface area contributed by atoms with E-state index in [2.05, 4.69) is 27.7 Å². The van der Waals surface area contributed by atoms with Gasteiger partial charge in [-0.15, -0.1) is 0 Å². The summed E-state index contributed by atoms with van der Waals surface area (Å²) in [5.74, 6) is 2.25. The first-order valence-corrected chi connectivity index (χ1v) is 12.1. The molecule has 1 fully saturated rings. The van der Waals surface area contributed by atoms with E-state index in [4.69, 9.17) is 9.47 Å². The maximum Gasteiger partial charge on any atom is 0.186 e. The van der Waals surface area contributed by atoms with E-state index in [-0.39, 0.29) is 6.61 Å². The van der Waals surface area contributed by atoms with Crippen LogP contribution >= 0.6 is 0 Å². The number of hydrogen-bond donors (Lipinski definition) is 3. The van der Waals surface area contributed by atoms with Crippen LogP contribution in [0.5, 0.6) is 0 Å². The van der Waals surface area contributed by atoms with Gasteiger partial charge in [0, 0.05) is 0 Å². The molecule has 3 N–H and O–H groups in total. The number of aliphatic hydroxyl groups excluding tert-OH is 3. The summed E-state index contributed by atoms with van der Waals surface area (Å²) >= 11 is 0. The highest BCUT2D eigenvalue weighted by Gasteiger charge is 2.38. The Balaban J connectivity index is 2.02. The third-order valence-corrected chi connectivity index (χ3v) is 6.44. The Morgan fingerprint density at radius 1 is 0.759 bits per heavy atom. The normalized spacial score (nSPS) is 28.2. The first-order valence-electron chi connectivity index (χ1n) is 12.1. The quantitative estimate of drug-likeness (QED) is 0.319. The van der Waals surface area contributed by atoms with E-state index < -0.39 is 24.6 Å². The van der Waals surface area contributed by atoms with Gasteiger partial charge in [0.05, 0.1) is 13.2 Å². The molecule has 174 valence electrons. The van der Waals surface area contributed by atoms with Crippen molar-refractivity contribution in [1.29, 1.82) is 0 Å². The van der Waals surface area contributed by atoms with Crippen molar-refractivity contribution in [2.75, 3.05) is 13.2 Å². The molecule has 1 saturated heterocycles. The molecule has 0 saturated carbocycles. The monoisotopic (exact) mass is 416 g/mol. The highest BCUT2D eigenvalue weighted by molar-refractivity contribution is 4.82. The molecule has 29 heavy (non-hydrogen) atoms. The van der Waals surface area contributed by atoms with Crippen LogP contribution in [0.2, 0.25) is 0 Å². The maximum atomic E-state index is 9.87. The summed E-state index contributed by atoms with van der Waals surface area (Å²) in [5.41, 5.74) is 0. The van der Waals surface area contributed by atoms with Gasteiger partial charge in [0.25, 0.3) is 0 Å². The first-order chi connectivity index (χ1) is 13.8. The fraction of sp³-hybridized carbons (Fsp3) is 1.00. The van der Waals surface area contributed by atoms with E-state index in [1.807, 2.05) is 0 Å². The molecule has 1 rings (SSSR count). The van der Waals surface area contributed by atoms with Crippen molar-refractivity contribution in [3.63, 3.8) is 0 Å². The lowest BCUT2D eigenvalue weighted by Gasteiger charge is -2.35. The van der Waals surface area contributed by atoms with Gasteiger partial charge in [0.15, 0.2) is 6.29 Å². The van der Waals surface area contributed by atoms with Gasteiger partial charge >= 0.3 is 0 Å². The van der Waals surface area contributed by atoms with Crippen molar-refractivity contribution < 1.29 is 24.8 Å². The second-order valence-electron chi connectivity index (χ2n) is 9.58. The van der Waals surface area contributed by atoms with Crippen LogP contribution in [0.3, 0.4) is 0 Å². The van der Waals surface area contributed by atoms with Gasteiger partial charge in [-0.05, 0) is 24.2 Å². The van der Waals surface area contributed by atoms with Crippen LogP contribution in [0.15, 0.2) is 0 Å². The molecular formula is C24H48O5. The number of unbranched alkanes of at least 4 members (excludes halogenated alkanes) is 2. The lowest BCUT2D eigenvalue weighted by atomic mass is 9.91. The van der Waals surface area contributed by atoms with Crippen LogP contribution in [-0.2, 0) is 9.47 Å². The van der Waals surface area contributed by atoms with E-state index in [9.17, 15) is 15.3 Å². The summed E-state index contributed by atoms with van der Waals surface area (Å²) in [4.78, 5) is 0. The summed E-state index contributed by atoms with van der Waals surface area (Å²) < 4.78 is 10.8. The van der Waals surface area contributed by atoms with Crippen LogP contribution < -0.4 is 0 Å². The number of rotatable bonds is 16. The minimum atomic E-state index is -1.20. The van der Waals surface area contributed by atoms with Gasteiger partial charge in [-0.25, -0.2) is 0 Å². The van der Waals surface area contributed by atoms with E-state index in [1.54, 1.807) is 0 Å². The van der Waals surface area contributed by atoms with Crippen LogP contribution in [0.25, 0.3) is 0 Å². The number of aliphatic hydroxyl groups is 3. The second-order valence-corrected chi connectivity index (χ2v) is 9.58. The molecule has 0 bridgehead atoms. The van der Waals surface area contributed by atoms with E-state index >= 15 is 0 Å².